The molecule has 2 aliphatic rings. The lowest BCUT2D eigenvalue weighted by atomic mass is 10.3. The maximum Gasteiger partial charge on any atom is 0.522 e. The Morgan fingerprint density at radius 3 is 1.80 bits per heavy atom. The number of aliphatic hydroxyl groups is 1. The smallest absolute Gasteiger partial charge is 0.395 e. The molecular weight excluding hydrogens is 334 g/mol. The summed E-state index contributed by atoms with van der Waals surface area (Å²) in [7, 11) is -2.14. The molecule has 2 fully saturated rings. The number of hydrogen-bond donors (Lipinski definition) is 2. The minimum Gasteiger partial charge on any atom is -0.395 e. The van der Waals surface area contributed by atoms with E-state index in [0.29, 0.717) is 0 Å². The van der Waals surface area contributed by atoms with Gasteiger partial charge in [-0.05, 0) is 38.9 Å². The van der Waals surface area contributed by atoms with Crippen molar-refractivity contribution in [2.45, 2.75) is 59.3 Å². The lowest BCUT2D eigenvalue weighted by Crippen LogP contribution is -2.62. The zero-order valence-electron chi connectivity index (χ0n) is 16.8. The average molecular weight is 376 g/mol. The quantitative estimate of drug-likeness (QED) is 0.426. The van der Waals surface area contributed by atoms with Gasteiger partial charge in [-0.1, -0.05) is 40.0 Å². The lowest BCUT2D eigenvalue weighted by molar-refractivity contribution is 0.178. The summed E-state index contributed by atoms with van der Waals surface area (Å²) < 4.78 is 17.2. The average Bonchev–Trinajstić information content (AvgIpc) is 3.23. The summed E-state index contributed by atoms with van der Waals surface area (Å²) in [6, 6.07) is 0. The van der Waals surface area contributed by atoms with Gasteiger partial charge >= 0.3 is 8.88 Å². The van der Waals surface area contributed by atoms with Gasteiger partial charge in [0, 0.05) is 19.6 Å². The van der Waals surface area contributed by atoms with Gasteiger partial charge in [-0.25, -0.2) is 0 Å². The summed E-state index contributed by atoms with van der Waals surface area (Å²) in [6.45, 7) is 14.8. The molecule has 2 rings (SSSR count). The molecule has 2 heterocycles. The fraction of sp³-hybridized carbons (Fsp3) is 1.00. The lowest BCUT2D eigenvalue weighted by Gasteiger charge is -2.34. The van der Waals surface area contributed by atoms with Gasteiger partial charge in [-0.3, -0.25) is 9.13 Å². The van der Waals surface area contributed by atoms with E-state index in [1.165, 1.54) is 38.5 Å². The third-order valence-electron chi connectivity index (χ3n) is 4.66. The molecule has 2 N–H and O–H groups in total. The van der Waals surface area contributed by atoms with E-state index in [9.17, 15) is 0 Å². The standard InChI is InChI=1S/C12H26N2O2Si.C6H15NO/c1-3-5-7-13-9-11-15-17(13)14(8-6-4-2)10-12-16-17;1-2-3-4-7-5-6-8/h3-12H2,1-2H3;7-8H,2-6H2,1H3. The van der Waals surface area contributed by atoms with E-state index in [0.717, 1.165) is 52.5 Å². The van der Waals surface area contributed by atoms with Gasteiger partial charge in [-0.2, -0.15) is 0 Å². The third-order valence-corrected chi connectivity index (χ3v) is 8.31. The number of hydrogen-bond acceptors (Lipinski definition) is 6. The maximum atomic E-state index is 8.30. The van der Waals surface area contributed by atoms with Crippen LogP contribution in [-0.2, 0) is 8.85 Å². The first kappa shape index (κ1) is 23.0. The van der Waals surface area contributed by atoms with Crippen molar-refractivity contribution in [1.82, 2.24) is 14.4 Å². The first-order valence-corrected chi connectivity index (χ1v) is 12.1. The summed E-state index contributed by atoms with van der Waals surface area (Å²) in [6.07, 6.45) is 7.43. The van der Waals surface area contributed by atoms with Crippen molar-refractivity contribution in [3.63, 3.8) is 0 Å². The van der Waals surface area contributed by atoms with Gasteiger partial charge < -0.3 is 19.3 Å². The molecule has 0 radical (unpaired) electrons. The van der Waals surface area contributed by atoms with Gasteiger partial charge in [0.05, 0.1) is 19.8 Å². The molecule has 0 amide bonds. The fourth-order valence-corrected chi connectivity index (χ4v) is 6.73. The van der Waals surface area contributed by atoms with Crippen LogP contribution >= 0.6 is 0 Å². The van der Waals surface area contributed by atoms with Crippen molar-refractivity contribution < 1.29 is 14.0 Å². The van der Waals surface area contributed by atoms with Crippen LogP contribution in [-0.4, -0.2) is 82.2 Å². The van der Waals surface area contributed by atoms with E-state index in [-0.39, 0.29) is 6.61 Å². The first-order valence-electron chi connectivity index (χ1n) is 10.3. The predicted molar refractivity (Wildman–Crippen MR) is 105 cm³/mol. The number of unbranched alkanes of at least 4 members (excludes halogenated alkanes) is 3. The Balaban J connectivity index is 0.000000333. The molecule has 150 valence electrons. The molecule has 25 heavy (non-hydrogen) atoms. The van der Waals surface area contributed by atoms with Crippen LogP contribution < -0.4 is 5.32 Å². The SMILES string of the molecule is CCCCN1CCO[Si]12OCCN2CCCC.CCCCNCCO. The monoisotopic (exact) mass is 375 g/mol. The highest BCUT2D eigenvalue weighted by Crippen LogP contribution is 2.28. The van der Waals surface area contributed by atoms with Crippen LogP contribution in [0, 0.1) is 0 Å². The molecule has 7 heteroatoms. The second-order valence-corrected chi connectivity index (χ2v) is 9.69. The number of rotatable bonds is 11. The molecule has 0 aromatic carbocycles. The van der Waals surface area contributed by atoms with E-state index in [1.807, 2.05) is 0 Å². The largest absolute Gasteiger partial charge is 0.522 e. The second-order valence-electron chi connectivity index (χ2n) is 6.75. The number of aliphatic hydroxyl groups excluding tert-OH is 1. The fourth-order valence-electron chi connectivity index (χ4n) is 3.18. The van der Waals surface area contributed by atoms with E-state index in [2.05, 4.69) is 35.2 Å². The summed E-state index contributed by atoms with van der Waals surface area (Å²) >= 11 is 0. The van der Waals surface area contributed by atoms with E-state index in [4.69, 9.17) is 14.0 Å². The normalized spacial score (nSPS) is 20.2. The van der Waals surface area contributed by atoms with Crippen molar-refractivity contribution in [3.05, 3.63) is 0 Å². The zero-order valence-corrected chi connectivity index (χ0v) is 17.8. The summed E-state index contributed by atoms with van der Waals surface area (Å²) in [4.78, 5) is 0. The Kier molecular flexibility index (Phi) is 13.0. The van der Waals surface area contributed by atoms with Gasteiger partial charge in [0.15, 0.2) is 0 Å². The molecule has 2 saturated heterocycles. The molecule has 0 bridgehead atoms. The van der Waals surface area contributed by atoms with Gasteiger partial charge in [0.25, 0.3) is 0 Å². The summed E-state index contributed by atoms with van der Waals surface area (Å²) in [5.41, 5.74) is 0. The second kappa shape index (κ2) is 14.1. The minimum absolute atomic E-state index is 0.254. The topological polar surface area (TPSA) is 57.2 Å². The van der Waals surface area contributed by atoms with Crippen molar-refractivity contribution in [2.24, 2.45) is 0 Å². The van der Waals surface area contributed by atoms with Crippen LogP contribution in [0.1, 0.15) is 59.3 Å². The summed E-state index contributed by atoms with van der Waals surface area (Å²) in [5, 5.41) is 11.4. The molecule has 1 spiro atoms. The molecule has 0 aromatic rings. The van der Waals surface area contributed by atoms with Gasteiger partial charge in [-0.15, -0.1) is 0 Å². The molecule has 6 nitrogen and oxygen atoms in total. The van der Waals surface area contributed by atoms with Crippen LogP contribution in [0.2, 0.25) is 0 Å². The Hall–Kier alpha value is -0.0231. The van der Waals surface area contributed by atoms with Crippen LogP contribution in [0.3, 0.4) is 0 Å². The highest BCUT2D eigenvalue weighted by Gasteiger charge is 2.57. The molecule has 0 atom stereocenters. The molecule has 2 aliphatic heterocycles. The molecule has 0 unspecified atom stereocenters. The Morgan fingerprint density at radius 1 is 0.840 bits per heavy atom. The zero-order chi connectivity index (χ0) is 18.4. The maximum absolute atomic E-state index is 8.30. The Morgan fingerprint density at radius 2 is 1.36 bits per heavy atom. The van der Waals surface area contributed by atoms with E-state index < -0.39 is 8.88 Å². The molecule has 0 saturated carbocycles. The molecule has 0 aromatic heterocycles. The Labute approximate surface area is 156 Å². The van der Waals surface area contributed by atoms with Crippen LogP contribution in [0.15, 0.2) is 0 Å². The molecule has 0 aliphatic carbocycles. The van der Waals surface area contributed by atoms with E-state index >= 15 is 0 Å². The Bertz CT molecular complexity index is 294. The van der Waals surface area contributed by atoms with Crippen molar-refractivity contribution in [2.75, 3.05) is 59.1 Å². The third kappa shape index (κ3) is 7.62. The number of nitrogens with zero attached hydrogens (tertiary/aromatic N) is 2. The molecular formula is C18H41N3O3Si. The minimum atomic E-state index is -2.14. The highest BCUT2D eigenvalue weighted by molar-refractivity contribution is 6.62. The van der Waals surface area contributed by atoms with Crippen molar-refractivity contribution in [3.8, 4) is 0 Å². The first-order chi connectivity index (χ1) is 12.2. The van der Waals surface area contributed by atoms with Gasteiger partial charge in [0.1, 0.15) is 0 Å². The van der Waals surface area contributed by atoms with E-state index in [1.54, 1.807) is 0 Å². The van der Waals surface area contributed by atoms with Crippen LogP contribution in [0.25, 0.3) is 0 Å². The van der Waals surface area contributed by atoms with Crippen LogP contribution in [0.5, 0.6) is 0 Å². The van der Waals surface area contributed by atoms with Crippen molar-refractivity contribution in [1.29, 1.82) is 0 Å². The van der Waals surface area contributed by atoms with Crippen molar-refractivity contribution >= 4 is 8.88 Å². The number of nitrogens with one attached hydrogen (secondary N) is 1. The van der Waals surface area contributed by atoms with Crippen LogP contribution in [0.4, 0.5) is 0 Å². The summed E-state index contributed by atoms with van der Waals surface area (Å²) in [5.74, 6) is 0. The predicted octanol–water partition coefficient (Wildman–Crippen LogP) is 2.06. The van der Waals surface area contributed by atoms with Gasteiger partial charge in [0.2, 0.25) is 0 Å². The highest BCUT2D eigenvalue weighted by atomic mass is 28.4.